The summed E-state index contributed by atoms with van der Waals surface area (Å²) in [5.74, 6) is 0.601. The van der Waals surface area contributed by atoms with E-state index in [1.54, 1.807) is 4.31 Å². The number of hydrogen-bond acceptors (Lipinski definition) is 4. The quantitative estimate of drug-likeness (QED) is 0.725. The molecule has 0 bridgehead atoms. The first-order valence-corrected chi connectivity index (χ1v) is 12.3. The predicted octanol–water partition coefficient (Wildman–Crippen LogP) is 3.68. The van der Waals surface area contributed by atoms with Crippen molar-refractivity contribution in [2.75, 3.05) is 32.7 Å². The van der Waals surface area contributed by atoms with Gasteiger partial charge >= 0.3 is 0 Å². The lowest BCUT2D eigenvalue weighted by Gasteiger charge is -2.34. The summed E-state index contributed by atoms with van der Waals surface area (Å²) in [5, 5.41) is 0. The van der Waals surface area contributed by atoms with Crippen LogP contribution in [0.1, 0.15) is 49.1 Å². The molecule has 2 fully saturated rings. The number of aromatic nitrogens is 1. The van der Waals surface area contributed by atoms with E-state index in [0.29, 0.717) is 23.9 Å². The van der Waals surface area contributed by atoms with Crippen molar-refractivity contribution >= 4 is 10.0 Å². The second-order valence-electron chi connectivity index (χ2n) is 8.26. The largest absolute Gasteiger partial charge is 0.300 e. The van der Waals surface area contributed by atoms with Gasteiger partial charge in [0.2, 0.25) is 10.0 Å². The van der Waals surface area contributed by atoms with Gasteiger partial charge in [-0.1, -0.05) is 31.4 Å². The first kappa shape index (κ1) is 20.5. The Hall–Kier alpha value is -1.76. The van der Waals surface area contributed by atoms with Crippen molar-refractivity contribution in [1.82, 2.24) is 14.2 Å². The lowest BCUT2D eigenvalue weighted by molar-refractivity contribution is 0.190. The van der Waals surface area contributed by atoms with E-state index in [9.17, 15) is 8.42 Å². The Kier molecular flexibility index (Phi) is 6.63. The van der Waals surface area contributed by atoms with Crippen molar-refractivity contribution in [2.45, 2.75) is 49.3 Å². The molecule has 156 valence electrons. The summed E-state index contributed by atoms with van der Waals surface area (Å²) in [7, 11) is -3.40. The van der Waals surface area contributed by atoms with E-state index in [4.69, 9.17) is 0 Å². The second kappa shape index (κ2) is 9.37. The van der Waals surface area contributed by atoms with Crippen molar-refractivity contribution < 1.29 is 8.42 Å². The highest BCUT2D eigenvalue weighted by Gasteiger charge is 2.28. The molecule has 1 aromatic heterocycles. The van der Waals surface area contributed by atoms with Crippen LogP contribution in [0.15, 0.2) is 53.7 Å². The molecule has 4 rings (SSSR count). The van der Waals surface area contributed by atoms with E-state index in [1.807, 2.05) is 48.8 Å². The van der Waals surface area contributed by atoms with Crippen molar-refractivity contribution in [1.29, 1.82) is 0 Å². The Morgan fingerprint density at radius 2 is 1.52 bits per heavy atom. The standard InChI is InChI=1S/C23H31N3O2S/c27-29(28,23-8-6-22(7-9-23)21-4-2-1-3-5-21)26-18-16-25(17-19-26)15-12-20-10-13-24-14-11-20/h6-11,13-14,21H,1-5,12,15-19H2. The molecule has 2 aromatic rings. The van der Waals surface area contributed by atoms with Gasteiger partial charge in [0, 0.05) is 45.1 Å². The minimum absolute atomic E-state index is 0.433. The number of sulfonamides is 1. The molecule has 0 N–H and O–H groups in total. The fraction of sp³-hybridized carbons (Fsp3) is 0.522. The number of benzene rings is 1. The number of piperazine rings is 1. The highest BCUT2D eigenvalue weighted by molar-refractivity contribution is 7.89. The average molecular weight is 414 g/mol. The van der Waals surface area contributed by atoms with Crippen LogP contribution in [-0.2, 0) is 16.4 Å². The SMILES string of the molecule is O=S(=O)(c1ccc(C2CCCCC2)cc1)N1CCN(CCc2ccncc2)CC1. The molecule has 1 saturated heterocycles. The summed E-state index contributed by atoms with van der Waals surface area (Å²) in [5.41, 5.74) is 2.57. The molecule has 1 aromatic carbocycles. The molecule has 5 nitrogen and oxygen atoms in total. The topological polar surface area (TPSA) is 53.5 Å². The molecular formula is C23H31N3O2S. The van der Waals surface area contributed by atoms with Crippen LogP contribution in [0.5, 0.6) is 0 Å². The predicted molar refractivity (Wildman–Crippen MR) is 115 cm³/mol. The molecule has 0 spiro atoms. The Balaban J connectivity index is 1.32. The summed E-state index contributed by atoms with van der Waals surface area (Å²) in [6.07, 6.45) is 11.0. The van der Waals surface area contributed by atoms with Crippen LogP contribution < -0.4 is 0 Å². The molecule has 0 amide bonds. The van der Waals surface area contributed by atoms with Gasteiger partial charge in [0.05, 0.1) is 4.90 Å². The van der Waals surface area contributed by atoms with Crippen molar-refractivity contribution in [3.8, 4) is 0 Å². The summed E-state index contributed by atoms with van der Waals surface area (Å²) in [6.45, 7) is 3.63. The molecule has 1 saturated carbocycles. The van der Waals surface area contributed by atoms with Gasteiger partial charge in [0.25, 0.3) is 0 Å². The summed E-state index contributed by atoms with van der Waals surface area (Å²) in [6, 6.07) is 11.8. The lowest BCUT2D eigenvalue weighted by atomic mass is 9.84. The van der Waals surface area contributed by atoms with E-state index in [0.717, 1.165) is 26.1 Å². The number of rotatable bonds is 6. The lowest BCUT2D eigenvalue weighted by Crippen LogP contribution is -2.49. The molecule has 0 radical (unpaired) electrons. The van der Waals surface area contributed by atoms with E-state index in [2.05, 4.69) is 9.88 Å². The molecule has 2 aliphatic rings. The zero-order valence-corrected chi connectivity index (χ0v) is 17.9. The van der Waals surface area contributed by atoms with Gasteiger partial charge in [-0.3, -0.25) is 4.98 Å². The highest BCUT2D eigenvalue weighted by Crippen LogP contribution is 2.33. The Labute approximate surface area is 174 Å². The fourth-order valence-corrected chi connectivity index (χ4v) is 5.95. The third-order valence-electron chi connectivity index (χ3n) is 6.39. The second-order valence-corrected chi connectivity index (χ2v) is 10.2. The molecule has 1 aliphatic carbocycles. The number of nitrogens with zero attached hydrogens (tertiary/aromatic N) is 3. The number of hydrogen-bond donors (Lipinski definition) is 0. The van der Waals surface area contributed by atoms with E-state index in [1.165, 1.54) is 43.2 Å². The van der Waals surface area contributed by atoms with Crippen molar-refractivity contribution in [3.63, 3.8) is 0 Å². The first-order valence-electron chi connectivity index (χ1n) is 10.8. The van der Waals surface area contributed by atoms with Gasteiger partial charge in [-0.25, -0.2) is 8.42 Å². The molecule has 2 heterocycles. The van der Waals surface area contributed by atoms with Gasteiger partial charge in [-0.15, -0.1) is 0 Å². The molecule has 0 atom stereocenters. The van der Waals surface area contributed by atoms with Crippen LogP contribution in [0.2, 0.25) is 0 Å². The third kappa shape index (κ3) is 5.05. The monoisotopic (exact) mass is 413 g/mol. The maximum absolute atomic E-state index is 13.1. The summed E-state index contributed by atoms with van der Waals surface area (Å²) < 4.78 is 27.8. The average Bonchev–Trinajstić information content (AvgIpc) is 2.79. The van der Waals surface area contributed by atoms with E-state index in [-0.39, 0.29) is 0 Å². The van der Waals surface area contributed by atoms with Crippen molar-refractivity contribution in [2.24, 2.45) is 0 Å². The molecule has 29 heavy (non-hydrogen) atoms. The van der Waals surface area contributed by atoms with Gasteiger partial charge in [-0.2, -0.15) is 4.31 Å². The Morgan fingerprint density at radius 1 is 0.862 bits per heavy atom. The smallest absolute Gasteiger partial charge is 0.243 e. The van der Waals surface area contributed by atoms with Crippen molar-refractivity contribution in [3.05, 3.63) is 59.9 Å². The molecule has 1 aliphatic heterocycles. The fourth-order valence-electron chi connectivity index (χ4n) is 4.53. The third-order valence-corrected chi connectivity index (χ3v) is 8.30. The Morgan fingerprint density at radius 3 is 2.17 bits per heavy atom. The molecular weight excluding hydrogens is 382 g/mol. The minimum Gasteiger partial charge on any atom is -0.300 e. The highest BCUT2D eigenvalue weighted by atomic mass is 32.2. The van der Waals surface area contributed by atoms with Crippen LogP contribution in [0.4, 0.5) is 0 Å². The van der Waals surface area contributed by atoms with Crippen LogP contribution in [-0.4, -0.2) is 55.3 Å². The normalized spacial score (nSPS) is 20.0. The maximum atomic E-state index is 13.1. The van der Waals surface area contributed by atoms with Crippen LogP contribution >= 0.6 is 0 Å². The Bertz CT molecular complexity index is 870. The van der Waals surface area contributed by atoms with E-state index < -0.39 is 10.0 Å². The van der Waals surface area contributed by atoms with Gasteiger partial charge in [0.15, 0.2) is 0 Å². The van der Waals surface area contributed by atoms with Gasteiger partial charge in [0.1, 0.15) is 0 Å². The van der Waals surface area contributed by atoms with Crippen LogP contribution in [0.25, 0.3) is 0 Å². The van der Waals surface area contributed by atoms with Crippen LogP contribution in [0, 0.1) is 0 Å². The first-order chi connectivity index (χ1) is 14.1. The number of pyridine rings is 1. The summed E-state index contributed by atoms with van der Waals surface area (Å²) >= 11 is 0. The maximum Gasteiger partial charge on any atom is 0.243 e. The molecule has 0 unspecified atom stereocenters. The van der Waals surface area contributed by atoms with Gasteiger partial charge < -0.3 is 4.90 Å². The van der Waals surface area contributed by atoms with Crippen LogP contribution in [0.3, 0.4) is 0 Å². The van der Waals surface area contributed by atoms with E-state index >= 15 is 0 Å². The zero-order valence-electron chi connectivity index (χ0n) is 17.0. The zero-order chi connectivity index (χ0) is 20.1. The minimum atomic E-state index is -3.40. The van der Waals surface area contributed by atoms with Gasteiger partial charge in [-0.05, 0) is 60.6 Å². The molecule has 6 heteroatoms. The summed E-state index contributed by atoms with van der Waals surface area (Å²) in [4.78, 5) is 6.83.